The van der Waals surface area contributed by atoms with Gasteiger partial charge in [-0.05, 0) is 24.5 Å². The second kappa shape index (κ2) is 6.72. The Labute approximate surface area is 149 Å². The lowest BCUT2D eigenvalue weighted by molar-refractivity contribution is -0.151. The highest BCUT2D eigenvalue weighted by Crippen LogP contribution is 2.38. The molecule has 1 unspecified atom stereocenters. The zero-order chi connectivity index (χ0) is 17.3. The Morgan fingerprint density at radius 1 is 1.42 bits per heavy atom. The Kier molecular flexibility index (Phi) is 4.83. The van der Waals surface area contributed by atoms with Gasteiger partial charge in [0.2, 0.25) is 5.91 Å². The third kappa shape index (κ3) is 3.15. The fraction of sp³-hybridized carbons (Fsp3) is 0.471. The quantitative estimate of drug-likeness (QED) is 0.824. The molecule has 1 N–H and O–H groups in total. The van der Waals surface area contributed by atoms with Crippen LogP contribution in [0.4, 0.5) is 0 Å². The summed E-state index contributed by atoms with van der Waals surface area (Å²) in [5.74, 6) is -0.507. The summed E-state index contributed by atoms with van der Waals surface area (Å²) in [7, 11) is 0. The molecule has 128 valence electrons. The zero-order valence-electron chi connectivity index (χ0n) is 13.7. The summed E-state index contributed by atoms with van der Waals surface area (Å²) >= 11 is 3.01. The number of amides is 1. The standard InChI is InChI=1S/C17H20N2O3S2/c1-11(2)17(15(21)22)7-8-19(10-17)14(20)9-23-16-18-12-5-3-4-6-13(12)24-16/h3-6,11H,7-10H2,1-2H3,(H,21,22). The minimum atomic E-state index is -0.809. The molecule has 1 aliphatic rings. The molecule has 0 spiro atoms. The number of nitrogens with zero attached hydrogens (tertiary/aromatic N) is 2. The van der Waals surface area contributed by atoms with Crippen molar-refractivity contribution in [1.82, 2.24) is 9.88 Å². The predicted octanol–water partition coefficient (Wildman–Crippen LogP) is 3.35. The van der Waals surface area contributed by atoms with E-state index in [9.17, 15) is 14.7 Å². The zero-order valence-corrected chi connectivity index (χ0v) is 15.3. The second-order valence-electron chi connectivity index (χ2n) is 6.42. The van der Waals surface area contributed by atoms with Crippen LogP contribution in [0.25, 0.3) is 10.2 Å². The van der Waals surface area contributed by atoms with Gasteiger partial charge in [0.15, 0.2) is 4.34 Å². The number of benzene rings is 1. The summed E-state index contributed by atoms with van der Waals surface area (Å²) in [4.78, 5) is 30.3. The van der Waals surface area contributed by atoms with Crippen molar-refractivity contribution >= 4 is 45.2 Å². The molecular weight excluding hydrogens is 344 g/mol. The van der Waals surface area contributed by atoms with Crippen LogP contribution < -0.4 is 0 Å². The highest BCUT2D eigenvalue weighted by Gasteiger charge is 2.48. The monoisotopic (exact) mass is 364 g/mol. The lowest BCUT2D eigenvalue weighted by Gasteiger charge is -2.28. The van der Waals surface area contributed by atoms with Crippen LogP contribution in [-0.2, 0) is 9.59 Å². The molecule has 2 aromatic rings. The number of likely N-dealkylation sites (tertiary alicyclic amines) is 1. The van der Waals surface area contributed by atoms with Gasteiger partial charge in [0.1, 0.15) is 0 Å². The van der Waals surface area contributed by atoms with Crippen molar-refractivity contribution in [1.29, 1.82) is 0 Å². The SMILES string of the molecule is CC(C)C1(C(=O)O)CCN(C(=O)CSc2nc3ccccc3s2)C1. The Morgan fingerprint density at radius 3 is 2.79 bits per heavy atom. The molecular formula is C17H20N2O3S2. The number of carbonyl (C=O) groups is 2. The number of thiazole rings is 1. The maximum Gasteiger partial charge on any atom is 0.311 e. The molecule has 1 aliphatic heterocycles. The Hall–Kier alpha value is -1.60. The fourth-order valence-electron chi connectivity index (χ4n) is 3.07. The molecule has 1 atom stereocenters. The van der Waals surface area contributed by atoms with Crippen LogP contribution in [-0.4, -0.2) is 45.7 Å². The van der Waals surface area contributed by atoms with Gasteiger partial charge in [0, 0.05) is 13.1 Å². The molecule has 2 heterocycles. The van der Waals surface area contributed by atoms with Gasteiger partial charge in [-0.1, -0.05) is 37.7 Å². The normalized spacial score (nSPS) is 20.9. The van der Waals surface area contributed by atoms with Gasteiger partial charge >= 0.3 is 5.97 Å². The molecule has 0 bridgehead atoms. The van der Waals surface area contributed by atoms with Gasteiger partial charge in [-0.2, -0.15) is 0 Å². The minimum Gasteiger partial charge on any atom is -0.481 e. The van der Waals surface area contributed by atoms with E-state index in [-0.39, 0.29) is 11.8 Å². The van der Waals surface area contributed by atoms with Gasteiger partial charge in [0.05, 0.1) is 21.4 Å². The first-order chi connectivity index (χ1) is 11.4. The van der Waals surface area contributed by atoms with E-state index in [0.29, 0.717) is 25.3 Å². The van der Waals surface area contributed by atoms with Crippen molar-refractivity contribution in [3.63, 3.8) is 0 Å². The smallest absolute Gasteiger partial charge is 0.311 e. The number of carbonyl (C=O) groups excluding carboxylic acids is 1. The minimum absolute atomic E-state index is 0.00437. The van der Waals surface area contributed by atoms with Crippen molar-refractivity contribution in [2.24, 2.45) is 11.3 Å². The molecule has 0 saturated carbocycles. The van der Waals surface area contributed by atoms with Crippen molar-refractivity contribution in [3.8, 4) is 0 Å². The summed E-state index contributed by atoms with van der Waals surface area (Å²) < 4.78 is 1.98. The molecule has 1 fully saturated rings. The van der Waals surface area contributed by atoms with Crippen LogP contribution in [0.1, 0.15) is 20.3 Å². The highest BCUT2D eigenvalue weighted by atomic mass is 32.2. The third-order valence-corrected chi connectivity index (χ3v) is 6.94. The topological polar surface area (TPSA) is 70.5 Å². The van der Waals surface area contributed by atoms with Gasteiger partial charge in [-0.15, -0.1) is 11.3 Å². The summed E-state index contributed by atoms with van der Waals surface area (Å²) in [6.45, 7) is 4.65. The van der Waals surface area contributed by atoms with Crippen molar-refractivity contribution in [2.45, 2.75) is 24.6 Å². The van der Waals surface area contributed by atoms with Gasteiger partial charge in [0.25, 0.3) is 0 Å². The molecule has 0 aliphatic carbocycles. The maximum absolute atomic E-state index is 12.5. The Morgan fingerprint density at radius 2 is 2.17 bits per heavy atom. The van der Waals surface area contributed by atoms with E-state index in [2.05, 4.69) is 4.98 Å². The number of carboxylic acids is 1. The number of thioether (sulfide) groups is 1. The highest BCUT2D eigenvalue weighted by molar-refractivity contribution is 8.01. The van der Waals surface area contributed by atoms with Crippen LogP contribution in [0.2, 0.25) is 0 Å². The van der Waals surface area contributed by atoms with E-state index in [0.717, 1.165) is 14.6 Å². The molecule has 0 radical (unpaired) electrons. The van der Waals surface area contributed by atoms with E-state index in [1.807, 2.05) is 38.1 Å². The molecule has 24 heavy (non-hydrogen) atoms. The van der Waals surface area contributed by atoms with E-state index in [1.54, 1.807) is 16.2 Å². The molecule has 1 aromatic carbocycles. The second-order valence-corrected chi connectivity index (χ2v) is 8.67. The number of para-hydroxylation sites is 1. The molecule has 3 rings (SSSR count). The lowest BCUT2D eigenvalue weighted by atomic mass is 9.76. The Bertz CT molecular complexity index is 741. The number of fused-ring (bicyclic) bond motifs is 1. The number of hydrogen-bond donors (Lipinski definition) is 1. The van der Waals surface area contributed by atoms with Crippen molar-refractivity contribution in [2.75, 3.05) is 18.8 Å². The van der Waals surface area contributed by atoms with E-state index in [4.69, 9.17) is 0 Å². The van der Waals surface area contributed by atoms with Gasteiger partial charge in [-0.3, -0.25) is 9.59 Å². The largest absolute Gasteiger partial charge is 0.481 e. The van der Waals surface area contributed by atoms with Crippen LogP contribution >= 0.6 is 23.1 Å². The number of hydrogen-bond acceptors (Lipinski definition) is 5. The summed E-state index contributed by atoms with van der Waals surface area (Å²) in [5, 5.41) is 9.57. The molecule has 7 heteroatoms. The fourth-order valence-corrected chi connectivity index (χ4v) is 5.04. The maximum atomic E-state index is 12.5. The first kappa shape index (κ1) is 17.2. The summed E-state index contributed by atoms with van der Waals surface area (Å²) in [5.41, 5.74) is 0.138. The third-order valence-electron chi connectivity index (χ3n) is 4.78. The van der Waals surface area contributed by atoms with Crippen LogP contribution in [0, 0.1) is 11.3 Å². The molecule has 5 nitrogen and oxygen atoms in total. The van der Waals surface area contributed by atoms with Crippen molar-refractivity contribution < 1.29 is 14.7 Å². The summed E-state index contributed by atoms with van der Waals surface area (Å²) in [6.07, 6.45) is 0.525. The summed E-state index contributed by atoms with van der Waals surface area (Å²) in [6, 6.07) is 7.90. The van der Waals surface area contributed by atoms with Crippen LogP contribution in [0.15, 0.2) is 28.6 Å². The predicted molar refractivity (Wildman–Crippen MR) is 96.4 cm³/mol. The first-order valence-electron chi connectivity index (χ1n) is 7.92. The number of carboxylic acid groups (broad SMARTS) is 1. The number of aliphatic carboxylic acids is 1. The molecule has 1 aromatic heterocycles. The number of aromatic nitrogens is 1. The number of rotatable bonds is 5. The molecule has 1 saturated heterocycles. The molecule has 1 amide bonds. The van der Waals surface area contributed by atoms with E-state index in [1.165, 1.54) is 11.8 Å². The van der Waals surface area contributed by atoms with Crippen LogP contribution in [0.5, 0.6) is 0 Å². The first-order valence-corrected chi connectivity index (χ1v) is 9.72. The Balaban J connectivity index is 1.62. The van der Waals surface area contributed by atoms with Gasteiger partial charge < -0.3 is 10.0 Å². The average molecular weight is 364 g/mol. The van der Waals surface area contributed by atoms with Gasteiger partial charge in [-0.25, -0.2) is 4.98 Å². The van der Waals surface area contributed by atoms with Crippen molar-refractivity contribution in [3.05, 3.63) is 24.3 Å². The average Bonchev–Trinajstić information content (AvgIpc) is 3.17. The van der Waals surface area contributed by atoms with E-state index >= 15 is 0 Å². The lowest BCUT2D eigenvalue weighted by Crippen LogP contribution is -2.41. The van der Waals surface area contributed by atoms with E-state index < -0.39 is 11.4 Å². The van der Waals surface area contributed by atoms with Crippen LogP contribution in [0.3, 0.4) is 0 Å².